The predicted molar refractivity (Wildman–Crippen MR) is 97.9 cm³/mol. The molecule has 2 aliphatic rings. The van der Waals surface area contributed by atoms with Crippen molar-refractivity contribution in [2.75, 3.05) is 18.5 Å². The number of aromatic hydroxyl groups is 1. The fraction of sp³-hybridized carbons (Fsp3) is 0.300. The maximum Gasteiger partial charge on any atom is 0.167 e. The number of H-pyrrole nitrogens is 1. The number of carbonyl (C=O) groups excluding carboxylic acids is 1. The largest absolute Gasteiger partial charge is 0.508 e. The Morgan fingerprint density at radius 1 is 1.08 bits per heavy atom. The molecule has 0 fully saturated rings. The molecule has 2 heterocycles. The zero-order chi connectivity index (χ0) is 18.3. The van der Waals surface area contributed by atoms with E-state index in [-0.39, 0.29) is 30.7 Å². The minimum atomic E-state index is -0.605. The summed E-state index contributed by atoms with van der Waals surface area (Å²) in [6.07, 6.45) is 6.09. The van der Waals surface area contributed by atoms with Gasteiger partial charge in [-0.1, -0.05) is 0 Å². The summed E-state index contributed by atoms with van der Waals surface area (Å²) in [6.45, 7) is 1.95. The van der Waals surface area contributed by atoms with Crippen LogP contribution in [0.3, 0.4) is 0 Å². The van der Waals surface area contributed by atoms with Crippen LogP contribution in [0.5, 0.6) is 5.75 Å². The molecule has 6 heteroatoms. The minimum absolute atomic E-state index is 0.00948. The Morgan fingerprint density at radius 3 is 2.69 bits per heavy atom. The van der Waals surface area contributed by atoms with Crippen molar-refractivity contribution in [2.24, 2.45) is 0 Å². The molecule has 26 heavy (non-hydrogen) atoms. The molecule has 1 radical (unpaired) electrons. The second-order valence-electron chi connectivity index (χ2n) is 6.71. The van der Waals surface area contributed by atoms with E-state index in [0.717, 1.165) is 28.1 Å². The summed E-state index contributed by atoms with van der Waals surface area (Å²) >= 11 is 0. The smallest absolute Gasteiger partial charge is 0.167 e. The second kappa shape index (κ2) is 6.63. The average Bonchev–Trinajstić information content (AvgIpc) is 3.20. The quantitative estimate of drug-likeness (QED) is 0.529. The number of nitrogens with one attached hydrogen (secondary N) is 2. The number of phenols is 1. The molecule has 135 valence electrons. The highest BCUT2D eigenvalue weighted by Gasteiger charge is 2.33. The lowest BCUT2D eigenvalue weighted by atomic mass is 9.80. The monoisotopic (exact) mass is 353 g/mol. The summed E-state index contributed by atoms with van der Waals surface area (Å²) in [4.78, 5) is 15.8. The molecule has 0 saturated heterocycles. The highest BCUT2D eigenvalue weighted by atomic mass is 16.3. The Morgan fingerprint density at radius 2 is 1.92 bits per heavy atom. The van der Waals surface area contributed by atoms with E-state index in [1.165, 1.54) is 6.08 Å². The molecule has 1 aromatic heterocycles. The second-order valence-corrected chi connectivity index (χ2v) is 6.71. The van der Waals surface area contributed by atoms with Crippen molar-refractivity contribution in [3.63, 3.8) is 0 Å². The van der Waals surface area contributed by atoms with Crippen LogP contribution in [-0.2, 0) is 11.2 Å². The highest BCUT2D eigenvalue weighted by molar-refractivity contribution is 6.04. The Labute approximate surface area is 151 Å². The van der Waals surface area contributed by atoms with Crippen molar-refractivity contribution in [3.8, 4) is 5.75 Å². The van der Waals surface area contributed by atoms with Gasteiger partial charge in [0, 0.05) is 42.3 Å². The fourth-order valence-electron chi connectivity index (χ4n) is 3.95. The van der Waals surface area contributed by atoms with E-state index in [1.807, 2.05) is 18.8 Å². The summed E-state index contributed by atoms with van der Waals surface area (Å²) < 4.78 is 0. The number of aromatic nitrogens is 1. The zero-order valence-corrected chi connectivity index (χ0v) is 14.2. The Hall–Kier alpha value is -2.57. The molecule has 0 saturated carbocycles. The van der Waals surface area contributed by atoms with Crippen LogP contribution >= 0.6 is 0 Å². The van der Waals surface area contributed by atoms with E-state index < -0.39 is 5.92 Å². The van der Waals surface area contributed by atoms with Gasteiger partial charge in [-0.2, -0.15) is 0 Å². The molecule has 0 spiro atoms. The van der Waals surface area contributed by atoms with Crippen LogP contribution in [-0.4, -0.2) is 39.3 Å². The van der Waals surface area contributed by atoms with E-state index >= 15 is 0 Å². The Balaban J connectivity index is 1.80. The van der Waals surface area contributed by atoms with Crippen LogP contribution in [0, 0.1) is 6.54 Å². The summed E-state index contributed by atoms with van der Waals surface area (Å²) in [5, 5.41) is 32.4. The Kier molecular flexibility index (Phi) is 4.30. The number of aromatic amines is 1. The number of rotatable bonds is 5. The molecule has 4 rings (SSSR count). The summed E-state index contributed by atoms with van der Waals surface area (Å²) in [6, 6.07) is 3.50. The lowest BCUT2D eigenvalue weighted by molar-refractivity contribution is -0.115. The lowest BCUT2D eigenvalue weighted by Gasteiger charge is -2.22. The van der Waals surface area contributed by atoms with Gasteiger partial charge in [-0.3, -0.25) is 4.79 Å². The molecule has 6 nitrogen and oxygen atoms in total. The van der Waals surface area contributed by atoms with Crippen LogP contribution in [0.15, 0.2) is 24.4 Å². The van der Waals surface area contributed by atoms with E-state index in [2.05, 4.69) is 10.3 Å². The van der Waals surface area contributed by atoms with Crippen molar-refractivity contribution in [1.29, 1.82) is 0 Å². The molecular formula is C20H21N2O4. The molecule has 2 unspecified atom stereocenters. The molecule has 0 bridgehead atoms. The zero-order valence-electron chi connectivity index (χ0n) is 14.2. The van der Waals surface area contributed by atoms with Gasteiger partial charge in [-0.25, -0.2) is 0 Å². The van der Waals surface area contributed by atoms with Crippen molar-refractivity contribution in [3.05, 3.63) is 58.9 Å². The van der Waals surface area contributed by atoms with E-state index in [4.69, 9.17) is 0 Å². The van der Waals surface area contributed by atoms with Crippen molar-refractivity contribution in [1.82, 2.24) is 4.98 Å². The minimum Gasteiger partial charge on any atom is -0.508 e. The van der Waals surface area contributed by atoms with E-state index in [1.54, 1.807) is 12.1 Å². The van der Waals surface area contributed by atoms with Crippen molar-refractivity contribution < 1.29 is 20.1 Å². The number of allylic oxidation sites excluding steroid dienone is 1. The number of fused-ring (bicyclic) bond motifs is 2. The standard InChI is InChI=1S/C20H21N2O4/c23-5-3-11-9-22-16-7-14(18(26)8-13(11)16)20-17(25)2-1-15-19(20)12(4-6-24)10-21-15/h1-2,7-11,20-24,26H,3-6H2. The van der Waals surface area contributed by atoms with Gasteiger partial charge in [-0.15, -0.1) is 0 Å². The van der Waals surface area contributed by atoms with Crippen molar-refractivity contribution >= 4 is 17.5 Å². The maximum atomic E-state index is 12.7. The van der Waals surface area contributed by atoms with Crippen LogP contribution in [0.4, 0.5) is 5.69 Å². The first kappa shape index (κ1) is 16.9. The fourth-order valence-corrected chi connectivity index (χ4v) is 3.95. The van der Waals surface area contributed by atoms with E-state index in [9.17, 15) is 20.1 Å². The van der Waals surface area contributed by atoms with Crippen LogP contribution in [0.25, 0.3) is 6.08 Å². The first-order valence-corrected chi connectivity index (χ1v) is 8.74. The van der Waals surface area contributed by atoms with Crippen LogP contribution in [0.1, 0.15) is 46.2 Å². The third-order valence-electron chi connectivity index (χ3n) is 5.20. The molecule has 2 aromatic rings. The number of aliphatic hydroxyl groups is 2. The molecule has 1 aromatic carbocycles. The highest BCUT2D eigenvalue weighted by Crippen LogP contribution is 2.45. The normalized spacial score (nSPS) is 20.8. The third-order valence-corrected chi connectivity index (χ3v) is 5.20. The van der Waals surface area contributed by atoms with Crippen molar-refractivity contribution in [2.45, 2.75) is 24.7 Å². The van der Waals surface area contributed by atoms with Gasteiger partial charge in [0.1, 0.15) is 5.75 Å². The summed E-state index contributed by atoms with van der Waals surface area (Å²) in [5.41, 5.74) is 4.83. The number of aliphatic hydroxyl groups excluding tert-OH is 2. The predicted octanol–water partition coefficient (Wildman–Crippen LogP) is 2.04. The van der Waals surface area contributed by atoms with Gasteiger partial charge < -0.3 is 25.6 Å². The van der Waals surface area contributed by atoms with Crippen LogP contribution in [0.2, 0.25) is 0 Å². The van der Waals surface area contributed by atoms with E-state index in [0.29, 0.717) is 18.4 Å². The maximum absolute atomic E-state index is 12.7. The number of ketones is 1. The number of carbonyl (C=O) groups is 1. The van der Waals surface area contributed by atoms with Gasteiger partial charge in [0.25, 0.3) is 0 Å². The molecule has 5 N–H and O–H groups in total. The van der Waals surface area contributed by atoms with Gasteiger partial charge in [-0.05, 0) is 53.8 Å². The lowest BCUT2D eigenvalue weighted by Crippen LogP contribution is -2.17. The van der Waals surface area contributed by atoms with Gasteiger partial charge in [0.15, 0.2) is 5.78 Å². The first-order chi connectivity index (χ1) is 12.6. The van der Waals surface area contributed by atoms with Gasteiger partial charge in [0.05, 0.1) is 12.5 Å². The van der Waals surface area contributed by atoms with Gasteiger partial charge >= 0.3 is 0 Å². The number of hydrogen-bond acceptors (Lipinski definition) is 5. The summed E-state index contributed by atoms with van der Waals surface area (Å²) in [5.74, 6) is -0.601. The molecular weight excluding hydrogens is 332 g/mol. The first-order valence-electron chi connectivity index (χ1n) is 8.74. The third kappa shape index (κ3) is 2.62. The SMILES string of the molecule is O=C1C=Cc2[nH]cc(CCO)c2C1c1cc2c(cc1O)C(CCO)[CH]N2. The van der Waals surface area contributed by atoms with Crippen LogP contribution < -0.4 is 5.32 Å². The van der Waals surface area contributed by atoms with Gasteiger partial charge in [0.2, 0.25) is 0 Å². The number of benzene rings is 1. The number of hydrogen-bond donors (Lipinski definition) is 5. The average molecular weight is 353 g/mol. The number of phenolic OH excluding ortho intramolecular Hbond substituents is 1. The summed E-state index contributed by atoms with van der Waals surface area (Å²) in [7, 11) is 0. The Bertz CT molecular complexity index is 884. The molecule has 1 aliphatic heterocycles. The molecule has 0 amide bonds. The molecule has 1 aliphatic carbocycles. The molecule has 2 atom stereocenters. The number of anilines is 1. The topological polar surface area (TPSA) is 106 Å².